The molecule has 0 bridgehead atoms. The summed E-state index contributed by atoms with van der Waals surface area (Å²) in [5.74, 6) is 0.738. The van der Waals surface area contributed by atoms with E-state index in [4.69, 9.17) is 5.53 Å². The number of aromatic nitrogens is 3. The SMILES string of the molecule is [N-]=[N+]=NCc1cccnc1-n1ccnc1. The van der Waals surface area contributed by atoms with Gasteiger partial charge in [0.15, 0.2) is 0 Å². The van der Waals surface area contributed by atoms with E-state index in [0.29, 0.717) is 0 Å². The summed E-state index contributed by atoms with van der Waals surface area (Å²) < 4.78 is 1.78. The Morgan fingerprint density at radius 3 is 3.13 bits per heavy atom. The van der Waals surface area contributed by atoms with E-state index < -0.39 is 0 Å². The van der Waals surface area contributed by atoms with Gasteiger partial charge in [-0.25, -0.2) is 9.97 Å². The van der Waals surface area contributed by atoms with Crippen molar-refractivity contribution in [1.82, 2.24) is 14.5 Å². The summed E-state index contributed by atoms with van der Waals surface area (Å²) in [6.07, 6.45) is 6.81. The number of hydrogen-bond acceptors (Lipinski definition) is 3. The first-order chi connectivity index (χ1) is 7.42. The van der Waals surface area contributed by atoms with Gasteiger partial charge in [-0.1, -0.05) is 11.2 Å². The zero-order chi connectivity index (χ0) is 10.5. The molecule has 0 aliphatic heterocycles. The molecule has 15 heavy (non-hydrogen) atoms. The Kier molecular flexibility index (Phi) is 2.62. The van der Waals surface area contributed by atoms with E-state index in [9.17, 15) is 0 Å². The molecule has 0 amide bonds. The van der Waals surface area contributed by atoms with E-state index in [1.54, 1.807) is 29.5 Å². The molecule has 0 saturated heterocycles. The highest BCUT2D eigenvalue weighted by atomic mass is 15.1. The van der Waals surface area contributed by atoms with Crippen molar-refractivity contribution in [1.29, 1.82) is 0 Å². The molecule has 0 N–H and O–H groups in total. The second kappa shape index (κ2) is 4.26. The van der Waals surface area contributed by atoms with Crippen LogP contribution in [-0.4, -0.2) is 14.5 Å². The van der Waals surface area contributed by atoms with E-state index in [0.717, 1.165) is 11.4 Å². The molecule has 0 aromatic carbocycles. The number of pyridine rings is 1. The molecule has 0 spiro atoms. The largest absolute Gasteiger partial charge is 0.290 e. The third-order valence-corrected chi connectivity index (χ3v) is 1.92. The van der Waals surface area contributed by atoms with Crippen molar-refractivity contribution < 1.29 is 0 Å². The summed E-state index contributed by atoms with van der Waals surface area (Å²) in [6, 6.07) is 3.68. The van der Waals surface area contributed by atoms with Gasteiger partial charge in [0.2, 0.25) is 0 Å². The number of azide groups is 1. The molecule has 0 aliphatic carbocycles. The van der Waals surface area contributed by atoms with Crippen LogP contribution in [0.5, 0.6) is 0 Å². The maximum atomic E-state index is 8.27. The fraction of sp³-hybridized carbons (Fsp3) is 0.111. The monoisotopic (exact) mass is 200 g/mol. The molecule has 74 valence electrons. The van der Waals surface area contributed by atoms with Gasteiger partial charge in [0.05, 0.1) is 6.54 Å². The van der Waals surface area contributed by atoms with Crippen molar-refractivity contribution in [3.05, 3.63) is 53.1 Å². The Morgan fingerprint density at radius 1 is 1.47 bits per heavy atom. The summed E-state index contributed by atoms with van der Waals surface area (Å²) in [5, 5.41) is 3.52. The average Bonchev–Trinajstić information content (AvgIpc) is 2.80. The third kappa shape index (κ3) is 1.95. The molecule has 2 rings (SSSR count). The van der Waals surface area contributed by atoms with Gasteiger partial charge >= 0.3 is 0 Å². The first kappa shape index (κ1) is 9.23. The lowest BCUT2D eigenvalue weighted by Gasteiger charge is -2.05. The van der Waals surface area contributed by atoms with Gasteiger partial charge in [-0.2, -0.15) is 0 Å². The predicted molar refractivity (Wildman–Crippen MR) is 54.2 cm³/mol. The van der Waals surface area contributed by atoms with Gasteiger partial charge in [0, 0.05) is 29.1 Å². The van der Waals surface area contributed by atoms with Crippen molar-refractivity contribution in [2.24, 2.45) is 5.11 Å². The first-order valence-corrected chi connectivity index (χ1v) is 4.35. The Bertz CT molecular complexity index is 483. The van der Waals surface area contributed by atoms with Crippen LogP contribution in [0.1, 0.15) is 5.56 Å². The lowest BCUT2D eigenvalue weighted by Crippen LogP contribution is -1.99. The quantitative estimate of drug-likeness (QED) is 0.432. The van der Waals surface area contributed by atoms with E-state index >= 15 is 0 Å². The average molecular weight is 200 g/mol. The topological polar surface area (TPSA) is 79.5 Å². The van der Waals surface area contributed by atoms with Gasteiger partial charge in [-0.15, -0.1) is 0 Å². The smallest absolute Gasteiger partial charge is 0.141 e. The molecule has 0 aliphatic rings. The molecular formula is C9H8N6. The highest BCUT2D eigenvalue weighted by molar-refractivity contribution is 5.33. The van der Waals surface area contributed by atoms with Crippen LogP contribution >= 0.6 is 0 Å². The van der Waals surface area contributed by atoms with Crippen molar-refractivity contribution in [3.8, 4) is 5.82 Å². The minimum Gasteiger partial charge on any atom is -0.290 e. The highest BCUT2D eigenvalue weighted by Gasteiger charge is 2.03. The second-order valence-corrected chi connectivity index (χ2v) is 2.85. The normalized spacial score (nSPS) is 9.60. The van der Waals surface area contributed by atoms with Crippen molar-refractivity contribution in [3.63, 3.8) is 0 Å². The van der Waals surface area contributed by atoms with Gasteiger partial charge in [-0.05, 0) is 11.6 Å². The molecule has 6 heteroatoms. The molecule has 2 heterocycles. The Labute approximate surface area is 85.8 Å². The number of nitrogens with zero attached hydrogens (tertiary/aromatic N) is 6. The fourth-order valence-corrected chi connectivity index (χ4v) is 1.28. The standard InChI is InChI=1S/C9H8N6/c10-14-13-6-8-2-1-3-12-9(8)15-5-4-11-7-15/h1-5,7H,6H2. The van der Waals surface area contributed by atoms with Gasteiger partial charge in [0.25, 0.3) is 0 Å². The van der Waals surface area contributed by atoms with Crippen LogP contribution < -0.4 is 0 Å². The van der Waals surface area contributed by atoms with Crippen LogP contribution in [0.15, 0.2) is 42.2 Å². The van der Waals surface area contributed by atoms with Crippen LogP contribution in [0.25, 0.3) is 16.3 Å². The summed E-state index contributed by atoms with van der Waals surface area (Å²) in [7, 11) is 0. The summed E-state index contributed by atoms with van der Waals surface area (Å²) in [4.78, 5) is 10.9. The maximum Gasteiger partial charge on any atom is 0.141 e. The van der Waals surface area contributed by atoms with E-state index in [2.05, 4.69) is 20.0 Å². The molecule has 0 unspecified atom stereocenters. The lowest BCUT2D eigenvalue weighted by atomic mass is 10.2. The molecule has 2 aromatic heterocycles. The van der Waals surface area contributed by atoms with Crippen LogP contribution in [0.4, 0.5) is 0 Å². The molecule has 2 aromatic rings. The van der Waals surface area contributed by atoms with Gasteiger partial charge in [0.1, 0.15) is 12.1 Å². The zero-order valence-electron chi connectivity index (χ0n) is 7.85. The number of rotatable bonds is 3. The fourth-order valence-electron chi connectivity index (χ4n) is 1.28. The maximum absolute atomic E-state index is 8.27. The second-order valence-electron chi connectivity index (χ2n) is 2.85. The van der Waals surface area contributed by atoms with Crippen molar-refractivity contribution in [2.45, 2.75) is 6.54 Å². The summed E-state index contributed by atoms with van der Waals surface area (Å²) in [6.45, 7) is 0.290. The van der Waals surface area contributed by atoms with E-state index in [-0.39, 0.29) is 6.54 Å². The van der Waals surface area contributed by atoms with Crippen molar-refractivity contribution >= 4 is 0 Å². The van der Waals surface area contributed by atoms with Gasteiger partial charge < -0.3 is 0 Å². The third-order valence-electron chi connectivity index (χ3n) is 1.92. The Hall–Kier alpha value is -2.33. The van der Waals surface area contributed by atoms with Crippen LogP contribution in [-0.2, 0) is 6.54 Å². The van der Waals surface area contributed by atoms with Crippen molar-refractivity contribution in [2.75, 3.05) is 0 Å². The molecule has 0 radical (unpaired) electrons. The summed E-state index contributed by atoms with van der Waals surface area (Å²) >= 11 is 0. The molecule has 6 nitrogen and oxygen atoms in total. The molecule has 0 saturated carbocycles. The lowest BCUT2D eigenvalue weighted by molar-refractivity contribution is 0.928. The predicted octanol–water partition coefficient (Wildman–Crippen LogP) is 2.08. The summed E-state index contributed by atoms with van der Waals surface area (Å²) in [5.41, 5.74) is 9.14. The highest BCUT2D eigenvalue weighted by Crippen LogP contribution is 2.11. The van der Waals surface area contributed by atoms with Gasteiger partial charge in [-0.3, -0.25) is 4.57 Å². The first-order valence-electron chi connectivity index (χ1n) is 4.35. The molecule has 0 fully saturated rings. The zero-order valence-corrected chi connectivity index (χ0v) is 7.85. The van der Waals surface area contributed by atoms with Crippen LogP contribution in [0.3, 0.4) is 0 Å². The van der Waals surface area contributed by atoms with E-state index in [1.165, 1.54) is 0 Å². The Balaban J connectivity index is 2.42. The van der Waals surface area contributed by atoms with Crippen LogP contribution in [0.2, 0.25) is 0 Å². The molecular weight excluding hydrogens is 192 g/mol. The van der Waals surface area contributed by atoms with E-state index in [1.807, 2.05) is 12.1 Å². The number of hydrogen-bond donors (Lipinski definition) is 0. The Morgan fingerprint density at radius 2 is 2.40 bits per heavy atom. The van der Waals surface area contributed by atoms with Crippen LogP contribution in [0, 0.1) is 0 Å². The minimum atomic E-state index is 0.290. The number of imidazole rings is 1. The minimum absolute atomic E-state index is 0.290. The molecule has 0 atom stereocenters.